The monoisotopic (exact) mass is 472 g/mol. The normalized spacial score (nSPS) is 22.6. The predicted molar refractivity (Wildman–Crippen MR) is 129 cm³/mol. The first kappa shape index (κ1) is 21.9. The van der Waals surface area contributed by atoms with E-state index in [1.807, 2.05) is 18.3 Å². The topological polar surface area (TPSA) is 65.5 Å². The summed E-state index contributed by atoms with van der Waals surface area (Å²) in [5.74, 6) is 0.425. The summed E-state index contributed by atoms with van der Waals surface area (Å²) in [5.41, 5.74) is 5.85. The Hall–Kier alpha value is -1.93. The van der Waals surface area contributed by atoms with E-state index < -0.39 is 10.0 Å². The number of piperazine rings is 1. The van der Waals surface area contributed by atoms with E-state index in [2.05, 4.69) is 34.5 Å². The Labute approximate surface area is 195 Å². The van der Waals surface area contributed by atoms with Crippen LogP contribution in [0.2, 0.25) is 5.02 Å². The molecule has 0 saturated carbocycles. The lowest BCUT2D eigenvalue weighted by Gasteiger charge is -2.36. The summed E-state index contributed by atoms with van der Waals surface area (Å²) in [6, 6.07) is 10.4. The van der Waals surface area contributed by atoms with Crippen LogP contribution in [-0.4, -0.2) is 68.1 Å². The van der Waals surface area contributed by atoms with Crippen molar-refractivity contribution in [2.24, 2.45) is 5.92 Å². The van der Waals surface area contributed by atoms with Gasteiger partial charge in [-0.25, -0.2) is 12.7 Å². The molecule has 0 spiro atoms. The number of aromatic nitrogens is 1. The molecule has 170 valence electrons. The lowest BCUT2D eigenvalue weighted by molar-refractivity contribution is 0.256. The summed E-state index contributed by atoms with van der Waals surface area (Å²) < 4.78 is 25.7. The van der Waals surface area contributed by atoms with Crippen molar-refractivity contribution < 1.29 is 8.42 Å². The van der Waals surface area contributed by atoms with E-state index in [0.29, 0.717) is 19.0 Å². The Morgan fingerprint density at radius 3 is 2.56 bits per heavy atom. The van der Waals surface area contributed by atoms with E-state index in [9.17, 15) is 8.42 Å². The predicted octanol–water partition coefficient (Wildman–Crippen LogP) is 3.26. The number of hydrogen-bond donors (Lipinski definition) is 1. The third-order valence-electron chi connectivity index (χ3n) is 6.98. The van der Waals surface area contributed by atoms with Crippen LogP contribution in [0.1, 0.15) is 41.1 Å². The van der Waals surface area contributed by atoms with Crippen molar-refractivity contribution in [1.82, 2.24) is 19.5 Å². The molecule has 1 atom stereocenters. The van der Waals surface area contributed by atoms with Crippen molar-refractivity contribution in [3.63, 3.8) is 0 Å². The minimum atomic E-state index is -3.16. The molecule has 1 aromatic heterocycles. The molecule has 2 aromatic rings. The van der Waals surface area contributed by atoms with Gasteiger partial charge in [0.2, 0.25) is 10.0 Å². The van der Waals surface area contributed by atoms with Crippen LogP contribution >= 0.6 is 11.6 Å². The summed E-state index contributed by atoms with van der Waals surface area (Å²) >= 11 is 6.44. The van der Waals surface area contributed by atoms with Crippen molar-refractivity contribution in [2.75, 3.05) is 45.5 Å². The number of fused-ring (bicyclic) bond motifs is 2. The average molecular weight is 473 g/mol. The van der Waals surface area contributed by atoms with Gasteiger partial charge in [0.1, 0.15) is 0 Å². The van der Waals surface area contributed by atoms with Crippen LogP contribution in [-0.2, 0) is 10.0 Å². The molecule has 1 aliphatic carbocycles. The summed E-state index contributed by atoms with van der Waals surface area (Å²) in [6.45, 7) is 4.94. The molecule has 1 N–H and O–H groups in total. The van der Waals surface area contributed by atoms with Gasteiger partial charge in [-0.15, -0.1) is 0 Å². The third kappa shape index (κ3) is 4.19. The standard InChI is InChI=1S/C24H29ClN4O2S/c1-32(30,31)29-11-6-17(7-12-29)23-20-5-4-19(25)15-18(20)16-22(28-13-9-26-10-14-28)21-3-2-8-27-24(21)23/h2-5,8,15-17,23,26H,6-7,9-14H2,1H3/t23-/m1/s1. The van der Waals surface area contributed by atoms with E-state index in [4.69, 9.17) is 16.6 Å². The van der Waals surface area contributed by atoms with Crippen molar-refractivity contribution in [1.29, 1.82) is 0 Å². The number of piperidine rings is 1. The van der Waals surface area contributed by atoms with Gasteiger partial charge < -0.3 is 10.2 Å². The Morgan fingerprint density at radius 1 is 1.09 bits per heavy atom. The van der Waals surface area contributed by atoms with Crippen LogP contribution in [0.25, 0.3) is 11.8 Å². The maximum absolute atomic E-state index is 12.1. The van der Waals surface area contributed by atoms with Crippen molar-refractivity contribution in [3.05, 3.63) is 63.9 Å². The molecule has 3 aliphatic rings. The molecular weight excluding hydrogens is 444 g/mol. The number of pyridine rings is 1. The molecule has 32 heavy (non-hydrogen) atoms. The maximum Gasteiger partial charge on any atom is 0.211 e. The Balaban J connectivity index is 1.60. The summed E-state index contributed by atoms with van der Waals surface area (Å²) in [6.07, 6.45) is 7.10. The number of sulfonamides is 1. The summed E-state index contributed by atoms with van der Waals surface area (Å²) in [5, 5.41) is 4.17. The fourth-order valence-corrected chi connectivity index (χ4v) is 6.45. The van der Waals surface area contributed by atoms with Crippen LogP contribution in [0.3, 0.4) is 0 Å². The summed E-state index contributed by atoms with van der Waals surface area (Å²) in [4.78, 5) is 7.36. The zero-order valence-corrected chi connectivity index (χ0v) is 19.9. The molecule has 3 heterocycles. The Kier molecular flexibility index (Phi) is 6.01. The van der Waals surface area contributed by atoms with E-state index in [-0.39, 0.29) is 5.92 Å². The molecule has 2 aliphatic heterocycles. The van der Waals surface area contributed by atoms with E-state index >= 15 is 0 Å². The number of benzene rings is 1. The number of hydrogen-bond acceptors (Lipinski definition) is 5. The van der Waals surface area contributed by atoms with Crippen LogP contribution in [0, 0.1) is 5.92 Å². The second-order valence-electron chi connectivity index (χ2n) is 8.95. The highest BCUT2D eigenvalue weighted by Crippen LogP contribution is 2.45. The molecule has 1 aromatic carbocycles. The van der Waals surface area contributed by atoms with Gasteiger partial charge in [-0.1, -0.05) is 17.7 Å². The van der Waals surface area contributed by atoms with Gasteiger partial charge in [0.25, 0.3) is 0 Å². The molecule has 0 bridgehead atoms. The van der Waals surface area contributed by atoms with Gasteiger partial charge in [-0.05, 0) is 60.2 Å². The van der Waals surface area contributed by atoms with Gasteiger partial charge in [0.15, 0.2) is 0 Å². The Morgan fingerprint density at radius 2 is 1.84 bits per heavy atom. The zero-order valence-electron chi connectivity index (χ0n) is 18.3. The van der Waals surface area contributed by atoms with Crippen LogP contribution in [0.15, 0.2) is 36.5 Å². The molecule has 0 unspecified atom stereocenters. The minimum absolute atomic E-state index is 0.108. The molecule has 5 rings (SSSR count). The van der Waals surface area contributed by atoms with Gasteiger partial charge in [-0.2, -0.15) is 0 Å². The lowest BCUT2D eigenvalue weighted by Crippen LogP contribution is -2.42. The number of rotatable bonds is 3. The number of nitrogens with one attached hydrogen (secondary N) is 1. The van der Waals surface area contributed by atoms with Gasteiger partial charge in [0.05, 0.1) is 11.9 Å². The van der Waals surface area contributed by atoms with Crippen molar-refractivity contribution in [3.8, 4) is 0 Å². The maximum atomic E-state index is 12.1. The largest absolute Gasteiger partial charge is 0.368 e. The minimum Gasteiger partial charge on any atom is -0.368 e. The quantitative estimate of drug-likeness (QED) is 0.742. The third-order valence-corrected chi connectivity index (χ3v) is 8.52. The second kappa shape index (κ2) is 8.78. The van der Waals surface area contributed by atoms with E-state index in [0.717, 1.165) is 55.3 Å². The highest BCUT2D eigenvalue weighted by atomic mass is 35.5. The molecule has 0 radical (unpaired) electrons. The molecule has 0 amide bonds. The summed E-state index contributed by atoms with van der Waals surface area (Å²) in [7, 11) is -3.16. The smallest absolute Gasteiger partial charge is 0.211 e. The zero-order chi connectivity index (χ0) is 22.3. The van der Waals surface area contributed by atoms with Crippen LogP contribution in [0.5, 0.6) is 0 Å². The fraction of sp³-hybridized carbons (Fsp3) is 0.458. The average Bonchev–Trinajstić information content (AvgIpc) is 2.93. The highest BCUT2D eigenvalue weighted by Gasteiger charge is 2.36. The lowest BCUT2D eigenvalue weighted by atomic mass is 9.76. The van der Waals surface area contributed by atoms with Crippen molar-refractivity contribution >= 4 is 33.4 Å². The highest BCUT2D eigenvalue weighted by molar-refractivity contribution is 7.88. The van der Waals surface area contributed by atoms with Gasteiger partial charge in [0, 0.05) is 67.7 Å². The fourth-order valence-electron chi connectivity index (χ4n) is 5.39. The second-order valence-corrected chi connectivity index (χ2v) is 11.4. The first-order valence-electron chi connectivity index (χ1n) is 11.3. The number of halogens is 1. The molecule has 8 heteroatoms. The Bertz CT molecular complexity index is 1140. The SMILES string of the molecule is CS(=O)(=O)N1CCC([C@@H]2c3ccc(Cl)cc3C=C(N3CCNCC3)c3cccnc32)CC1. The number of nitrogens with zero attached hydrogens (tertiary/aromatic N) is 3. The van der Waals surface area contributed by atoms with E-state index in [1.165, 1.54) is 23.1 Å². The van der Waals surface area contributed by atoms with Gasteiger partial charge in [-0.3, -0.25) is 4.98 Å². The van der Waals surface area contributed by atoms with Gasteiger partial charge >= 0.3 is 0 Å². The first-order valence-corrected chi connectivity index (χ1v) is 13.5. The molecule has 6 nitrogen and oxygen atoms in total. The molecular formula is C24H29ClN4O2S. The molecule has 2 saturated heterocycles. The van der Waals surface area contributed by atoms with E-state index in [1.54, 1.807) is 4.31 Å². The van der Waals surface area contributed by atoms with Crippen LogP contribution < -0.4 is 5.32 Å². The first-order chi connectivity index (χ1) is 15.4. The van der Waals surface area contributed by atoms with Crippen molar-refractivity contribution in [2.45, 2.75) is 18.8 Å². The molecule has 2 fully saturated rings. The van der Waals surface area contributed by atoms with Crippen LogP contribution in [0.4, 0.5) is 0 Å².